The quantitative estimate of drug-likeness (QED) is 0.441. The van der Waals surface area contributed by atoms with Crippen LogP contribution in [0.3, 0.4) is 0 Å². The second kappa shape index (κ2) is 5.24. The summed E-state index contributed by atoms with van der Waals surface area (Å²) in [6.45, 7) is 0. The molecule has 7 nitrogen and oxygen atoms in total. The molecule has 4 N–H and O–H groups in total. The van der Waals surface area contributed by atoms with Crippen molar-refractivity contribution in [2.24, 2.45) is 0 Å². The largest absolute Gasteiger partial charge is 0.478 e. The molecule has 3 heterocycles. The average Bonchev–Trinajstić information content (AvgIpc) is 3.24. The third-order valence-corrected chi connectivity index (χ3v) is 5.17. The Balaban J connectivity index is 1.82. The van der Waals surface area contributed by atoms with E-state index in [1.165, 1.54) is 11.3 Å². The first-order chi connectivity index (χ1) is 12.6. The normalized spacial score (nSPS) is 11.5. The zero-order chi connectivity index (χ0) is 17.8. The van der Waals surface area contributed by atoms with Gasteiger partial charge >= 0.3 is 5.97 Å². The number of anilines is 1. The summed E-state index contributed by atoms with van der Waals surface area (Å²) in [4.78, 5) is 20.8. The van der Waals surface area contributed by atoms with Crippen LogP contribution in [0.5, 0.6) is 0 Å². The number of aromatic carboxylic acids is 1. The van der Waals surface area contributed by atoms with Crippen molar-refractivity contribution in [2.45, 2.75) is 0 Å². The highest BCUT2D eigenvalue weighted by Crippen LogP contribution is 2.32. The van der Waals surface area contributed by atoms with E-state index in [0.717, 1.165) is 26.7 Å². The van der Waals surface area contributed by atoms with Crippen LogP contribution < -0.4 is 5.73 Å². The molecule has 5 rings (SSSR count). The molecule has 126 valence electrons. The number of nitrogens with zero attached hydrogens (tertiary/aromatic N) is 3. The molecular formula is C18H11N5O2S. The topological polar surface area (TPSA) is 118 Å². The van der Waals surface area contributed by atoms with Gasteiger partial charge in [0.05, 0.1) is 38.7 Å². The highest BCUT2D eigenvalue weighted by atomic mass is 32.1. The van der Waals surface area contributed by atoms with Gasteiger partial charge in [-0.2, -0.15) is 5.10 Å². The predicted octanol–water partition coefficient (Wildman–Crippen LogP) is 3.67. The molecule has 0 aliphatic heterocycles. The molecule has 0 bridgehead atoms. The average molecular weight is 361 g/mol. The van der Waals surface area contributed by atoms with E-state index in [-0.39, 0.29) is 5.56 Å². The molecule has 0 fully saturated rings. The monoisotopic (exact) mass is 361 g/mol. The lowest BCUT2D eigenvalue weighted by molar-refractivity contribution is 0.0699. The Hall–Kier alpha value is -3.52. The number of nitrogens with two attached hydrogens (primary N) is 1. The number of fused-ring (bicyclic) bond motifs is 4. The Labute approximate surface area is 150 Å². The van der Waals surface area contributed by atoms with E-state index in [9.17, 15) is 9.90 Å². The molecule has 0 spiro atoms. The third-order valence-electron chi connectivity index (χ3n) is 4.32. The van der Waals surface area contributed by atoms with Crippen molar-refractivity contribution in [3.63, 3.8) is 0 Å². The van der Waals surface area contributed by atoms with Crippen LogP contribution in [0, 0.1) is 0 Å². The molecule has 0 unspecified atom stereocenters. The second-order valence-corrected chi connectivity index (χ2v) is 6.95. The number of carbonyl (C=O) groups is 1. The fourth-order valence-electron chi connectivity index (χ4n) is 3.17. The Kier molecular flexibility index (Phi) is 2.98. The fraction of sp³-hybridized carbons (Fsp3) is 0. The molecule has 0 saturated heterocycles. The summed E-state index contributed by atoms with van der Waals surface area (Å²) >= 11 is 1.39. The smallest absolute Gasteiger partial charge is 0.336 e. The molecule has 0 aliphatic carbocycles. The number of thiazole rings is 1. The second-order valence-electron chi connectivity index (χ2n) is 5.89. The van der Waals surface area contributed by atoms with Crippen LogP contribution in [-0.2, 0) is 0 Å². The van der Waals surface area contributed by atoms with E-state index in [1.54, 1.807) is 18.3 Å². The van der Waals surface area contributed by atoms with Gasteiger partial charge in [0.15, 0.2) is 5.13 Å². The number of nitrogens with one attached hydrogen (secondary N) is 1. The van der Waals surface area contributed by atoms with Crippen molar-refractivity contribution in [1.82, 2.24) is 20.2 Å². The van der Waals surface area contributed by atoms with E-state index in [4.69, 9.17) is 5.73 Å². The van der Waals surface area contributed by atoms with Gasteiger partial charge in [0.25, 0.3) is 0 Å². The molecule has 26 heavy (non-hydrogen) atoms. The zero-order valence-electron chi connectivity index (χ0n) is 13.2. The maximum Gasteiger partial charge on any atom is 0.336 e. The van der Waals surface area contributed by atoms with Gasteiger partial charge < -0.3 is 10.8 Å². The number of H-pyrrole nitrogens is 1. The number of carboxylic acids is 1. The van der Waals surface area contributed by atoms with Crippen molar-refractivity contribution < 1.29 is 9.90 Å². The standard InChI is InChI=1S/C18H11N5O2S/c19-18-22-12-2-1-8(5-15(12)26-18)14-6-9(17(24)25)16-10-7-20-23-11(10)3-4-13(16)21-14/h1-7H,(H2,19,22)(H,20,23)(H,24,25). The Morgan fingerprint density at radius 2 is 1.96 bits per heavy atom. The van der Waals surface area contributed by atoms with E-state index < -0.39 is 5.97 Å². The zero-order valence-corrected chi connectivity index (χ0v) is 14.0. The number of aromatic nitrogens is 4. The van der Waals surface area contributed by atoms with Crippen molar-refractivity contribution in [3.8, 4) is 11.3 Å². The van der Waals surface area contributed by atoms with Gasteiger partial charge in [0.2, 0.25) is 0 Å². The lowest BCUT2D eigenvalue weighted by Gasteiger charge is -2.08. The molecule has 0 saturated carbocycles. The lowest BCUT2D eigenvalue weighted by atomic mass is 10.0. The molecule has 5 aromatic rings. The SMILES string of the molecule is Nc1nc2ccc(-c3cc(C(=O)O)c4c(ccc5[nH]ncc54)n3)cc2s1. The molecule has 2 aromatic carbocycles. The summed E-state index contributed by atoms with van der Waals surface area (Å²) in [5.74, 6) is -1.00. The number of pyridine rings is 1. The van der Waals surface area contributed by atoms with Gasteiger partial charge in [-0.1, -0.05) is 17.4 Å². The van der Waals surface area contributed by atoms with E-state index >= 15 is 0 Å². The Morgan fingerprint density at radius 3 is 2.81 bits per heavy atom. The number of hydrogen-bond acceptors (Lipinski definition) is 6. The van der Waals surface area contributed by atoms with Gasteiger partial charge in [0.1, 0.15) is 0 Å². The summed E-state index contributed by atoms with van der Waals surface area (Å²) in [5, 5.41) is 18.4. The number of hydrogen-bond donors (Lipinski definition) is 3. The number of carboxylic acid groups (broad SMARTS) is 1. The maximum absolute atomic E-state index is 11.9. The summed E-state index contributed by atoms with van der Waals surface area (Å²) in [7, 11) is 0. The van der Waals surface area contributed by atoms with Crippen LogP contribution in [0.1, 0.15) is 10.4 Å². The molecule has 8 heteroatoms. The highest BCUT2D eigenvalue weighted by Gasteiger charge is 2.16. The molecule has 3 aromatic heterocycles. The van der Waals surface area contributed by atoms with Crippen LogP contribution in [0.4, 0.5) is 5.13 Å². The fourth-order valence-corrected chi connectivity index (χ4v) is 3.94. The Bertz CT molecular complexity index is 1340. The molecule has 0 radical (unpaired) electrons. The van der Waals surface area contributed by atoms with Gasteiger partial charge in [-0.3, -0.25) is 5.10 Å². The molecule has 0 amide bonds. The van der Waals surface area contributed by atoms with Crippen LogP contribution >= 0.6 is 11.3 Å². The number of benzene rings is 2. The minimum Gasteiger partial charge on any atom is -0.478 e. The van der Waals surface area contributed by atoms with Gasteiger partial charge in [0, 0.05) is 16.3 Å². The minimum absolute atomic E-state index is 0.195. The first-order valence-corrected chi connectivity index (χ1v) is 8.58. The third kappa shape index (κ3) is 2.12. The van der Waals surface area contributed by atoms with E-state index in [2.05, 4.69) is 20.2 Å². The number of rotatable bonds is 2. The minimum atomic E-state index is -1.00. The highest BCUT2D eigenvalue weighted by molar-refractivity contribution is 7.22. The van der Waals surface area contributed by atoms with Crippen molar-refractivity contribution >= 4 is 54.5 Å². The predicted molar refractivity (Wildman–Crippen MR) is 101 cm³/mol. The number of nitrogen functional groups attached to an aromatic ring is 1. The summed E-state index contributed by atoms with van der Waals surface area (Å²) in [6, 6.07) is 10.9. The van der Waals surface area contributed by atoms with Gasteiger partial charge in [-0.05, 0) is 30.3 Å². The van der Waals surface area contributed by atoms with E-state index in [0.29, 0.717) is 21.7 Å². The van der Waals surface area contributed by atoms with Crippen LogP contribution in [-0.4, -0.2) is 31.2 Å². The van der Waals surface area contributed by atoms with Crippen LogP contribution in [0.25, 0.3) is 43.3 Å². The van der Waals surface area contributed by atoms with Crippen LogP contribution in [0.2, 0.25) is 0 Å². The summed E-state index contributed by atoms with van der Waals surface area (Å²) in [5.41, 5.74) is 9.57. The summed E-state index contributed by atoms with van der Waals surface area (Å²) < 4.78 is 0.934. The van der Waals surface area contributed by atoms with Crippen molar-refractivity contribution in [3.05, 3.63) is 48.2 Å². The van der Waals surface area contributed by atoms with Crippen molar-refractivity contribution in [1.29, 1.82) is 0 Å². The van der Waals surface area contributed by atoms with Gasteiger partial charge in [-0.15, -0.1) is 0 Å². The van der Waals surface area contributed by atoms with E-state index in [1.807, 2.05) is 24.3 Å². The Morgan fingerprint density at radius 1 is 1.12 bits per heavy atom. The first kappa shape index (κ1) is 14.8. The number of aromatic amines is 1. The molecule has 0 aliphatic rings. The first-order valence-electron chi connectivity index (χ1n) is 7.77. The summed E-state index contributed by atoms with van der Waals surface area (Å²) in [6.07, 6.45) is 1.62. The van der Waals surface area contributed by atoms with Crippen molar-refractivity contribution in [2.75, 3.05) is 5.73 Å². The maximum atomic E-state index is 11.9. The molecule has 0 atom stereocenters. The lowest BCUT2D eigenvalue weighted by Crippen LogP contribution is -2.00. The van der Waals surface area contributed by atoms with Gasteiger partial charge in [-0.25, -0.2) is 14.8 Å². The van der Waals surface area contributed by atoms with Crippen LogP contribution in [0.15, 0.2) is 42.6 Å². The molecular weight excluding hydrogens is 350 g/mol.